The maximum absolute atomic E-state index is 10.1. The van der Waals surface area contributed by atoms with Crippen LogP contribution in [-0.2, 0) is 13.5 Å². The molecule has 2 rings (SSSR count). The van der Waals surface area contributed by atoms with Gasteiger partial charge < -0.3 is 9.67 Å². The quantitative estimate of drug-likeness (QED) is 0.898. The summed E-state index contributed by atoms with van der Waals surface area (Å²) in [5.74, 6) is 0.541. The number of benzene rings is 1. The minimum Gasteiger partial charge on any atom is -0.386 e. The van der Waals surface area contributed by atoms with E-state index in [9.17, 15) is 5.11 Å². The molecule has 1 aromatic carbocycles. The Morgan fingerprint density at radius 3 is 2.39 bits per heavy atom. The van der Waals surface area contributed by atoms with Gasteiger partial charge in [0.1, 0.15) is 6.10 Å². The third-order valence-electron chi connectivity index (χ3n) is 3.14. The molecule has 1 unspecified atom stereocenters. The van der Waals surface area contributed by atoms with E-state index in [-0.39, 0.29) is 0 Å². The summed E-state index contributed by atoms with van der Waals surface area (Å²) in [6.45, 7) is 4.36. The highest BCUT2D eigenvalue weighted by Gasteiger charge is 2.11. The van der Waals surface area contributed by atoms with Gasteiger partial charge in [0.15, 0.2) is 0 Å². The Hall–Kier alpha value is -1.61. The van der Waals surface area contributed by atoms with E-state index in [1.54, 1.807) is 6.33 Å². The van der Waals surface area contributed by atoms with E-state index >= 15 is 0 Å². The number of aliphatic hydroxyl groups is 1. The molecule has 2 aromatic rings. The summed E-state index contributed by atoms with van der Waals surface area (Å²) in [7, 11) is 1.90. The lowest BCUT2D eigenvalue weighted by atomic mass is 9.99. The second-order valence-electron chi connectivity index (χ2n) is 5.08. The van der Waals surface area contributed by atoms with Crippen LogP contribution in [0.25, 0.3) is 0 Å². The summed E-state index contributed by atoms with van der Waals surface area (Å²) in [4.78, 5) is 4.17. The van der Waals surface area contributed by atoms with Crippen LogP contribution in [0.1, 0.15) is 42.7 Å². The molecule has 0 saturated carbocycles. The number of imidazole rings is 1. The average molecular weight is 244 g/mol. The van der Waals surface area contributed by atoms with Crippen LogP contribution in [0.4, 0.5) is 0 Å². The lowest BCUT2D eigenvalue weighted by Crippen LogP contribution is -2.02. The molecule has 18 heavy (non-hydrogen) atoms. The van der Waals surface area contributed by atoms with Gasteiger partial charge in [-0.05, 0) is 17.0 Å². The van der Waals surface area contributed by atoms with Gasteiger partial charge in [0, 0.05) is 19.7 Å². The predicted octanol–water partition coefficient (Wildman–Crippen LogP) is 2.82. The Morgan fingerprint density at radius 1 is 1.22 bits per heavy atom. The van der Waals surface area contributed by atoms with E-state index in [0.29, 0.717) is 12.3 Å². The minimum absolute atomic E-state index is 0.531. The Morgan fingerprint density at radius 2 is 1.89 bits per heavy atom. The Bertz CT molecular complexity index is 499. The first-order chi connectivity index (χ1) is 8.56. The van der Waals surface area contributed by atoms with Gasteiger partial charge in [0.05, 0.1) is 12.0 Å². The number of hydrogen-bond acceptors (Lipinski definition) is 2. The number of hydrogen-bond donors (Lipinski definition) is 1. The molecular weight excluding hydrogens is 224 g/mol. The molecule has 96 valence electrons. The van der Waals surface area contributed by atoms with Crippen LogP contribution in [0.15, 0.2) is 36.8 Å². The summed E-state index contributed by atoms with van der Waals surface area (Å²) < 4.78 is 1.85. The maximum Gasteiger partial charge on any atom is 0.101 e. The normalized spacial score (nSPS) is 12.9. The van der Waals surface area contributed by atoms with E-state index in [1.807, 2.05) is 17.8 Å². The first-order valence-corrected chi connectivity index (χ1v) is 6.31. The van der Waals surface area contributed by atoms with E-state index in [1.165, 1.54) is 5.56 Å². The first kappa shape index (κ1) is 12.8. The zero-order valence-corrected chi connectivity index (χ0v) is 11.2. The minimum atomic E-state index is -0.531. The smallest absolute Gasteiger partial charge is 0.101 e. The molecule has 0 fully saturated rings. The molecule has 0 amide bonds. The lowest BCUT2D eigenvalue weighted by molar-refractivity contribution is 0.174. The number of aryl methyl sites for hydroxylation is 1. The van der Waals surface area contributed by atoms with Crippen LogP contribution in [0, 0.1) is 0 Å². The van der Waals surface area contributed by atoms with Crippen LogP contribution >= 0.6 is 0 Å². The summed E-state index contributed by atoms with van der Waals surface area (Å²) in [5.41, 5.74) is 3.19. The van der Waals surface area contributed by atoms with Crippen LogP contribution < -0.4 is 0 Å². The topological polar surface area (TPSA) is 38.0 Å². The van der Waals surface area contributed by atoms with Crippen LogP contribution in [0.3, 0.4) is 0 Å². The second kappa shape index (κ2) is 5.36. The zero-order valence-electron chi connectivity index (χ0n) is 11.2. The van der Waals surface area contributed by atoms with Gasteiger partial charge in [-0.25, -0.2) is 4.98 Å². The van der Waals surface area contributed by atoms with Crippen molar-refractivity contribution in [2.75, 3.05) is 0 Å². The van der Waals surface area contributed by atoms with E-state index < -0.39 is 6.10 Å². The van der Waals surface area contributed by atoms with Gasteiger partial charge >= 0.3 is 0 Å². The van der Waals surface area contributed by atoms with Gasteiger partial charge in [0.2, 0.25) is 0 Å². The third-order valence-corrected chi connectivity index (χ3v) is 3.14. The van der Waals surface area contributed by atoms with Crippen molar-refractivity contribution in [1.29, 1.82) is 0 Å². The summed E-state index contributed by atoms with van der Waals surface area (Å²) in [6, 6.07) is 8.43. The van der Waals surface area contributed by atoms with Crippen molar-refractivity contribution in [1.82, 2.24) is 9.55 Å². The molecule has 1 heterocycles. The molecule has 0 saturated heterocycles. The van der Waals surface area contributed by atoms with Gasteiger partial charge in [-0.3, -0.25) is 0 Å². The van der Waals surface area contributed by atoms with Crippen LogP contribution in [0.2, 0.25) is 0 Å². The molecular formula is C15H20N2O. The van der Waals surface area contributed by atoms with Crippen molar-refractivity contribution in [3.63, 3.8) is 0 Å². The molecule has 0 aliphatic heterocycles. The van der Waals surface area contributed by atoms with Crippen LogP contribution in [-0.4, -0.2) is 14.7 Å². The highest BCUT2D eigenvalue weighted by Crippen LogP contribution is 2.19. The molecule has 1 N–H and O–H groups in total. The molecule has 0 aliphatic carbocycles. The highest BCUT2D eigenvalue weighted by atomic mass is 16.3. The maximum atomic E-state index is 10.1. The van der Waals surface area contributed by atoms with E-state index in [0.717, 1.165) is 11.3 Å². The molecule has 1 aromatic heterocycles. The Labute approximate surface area is 108 Å². The number of nitrogens with zero attached hydrogens (tertiary/aromatic N) is 2. The Balaban J connectivity index is 2.05. The molecule has 1 atom stereocenters. The molecule has 3 heteroatoms. The van der Waals surface area contributed by atoms with Gasteiger partial charge in [-0.2, -0.15) is 0 Å². The van der Waals surface area contributed by atoms with Crippen molar-refractivity contribution >= 4 is 0 Å². The molecule has 0 aliphatic rings. The van der Waals surface area contributed by atoms with Crippen molar-refractivity contribution in [2.45, 2.75) is 32.3 Å². The summed E-state index contributed by atoms with van der Waals surface area (Å²) >= 11 is 0. The van der Waals surface area contributed by atoms with E-state index in [2.05, 4.69) is 43.1 Å². The molecule has 0 radical (unpaired) electrons. The summed E-state index contributed by atoms with van der Waals surface area (Å²) in [5, 5.41) is 10.1. The first-order valence-electron chi connectivity index (χ1n) is 6.31. The number of rotatable bonds is 4. The standard InChI is InChI=1S/C15H20N2O/c1-11(2)13-6-4-12(5-7-13)8-15(18)14-9-17(3)10-16-14/h4-7,9-11,15,18H,8H2,1-3H3. The fourth-order valence-electron chi connectivity index (χ4n) is 1.97. The molecule has 0 spiro atoms. The summed E-state index contributed by atoms with van der Waals surface area (Å²) in [6.07, 6.45) is 3.64. The number of aromatic nitrogens is 2. The predicted molar refractivity (Wildman–Crippen MR) is 72.4 cm³/mol. The molecule has 0 bridgehead atoms. The van der Waals surface area contributed by atoms with Gasteiger partial charge in [-0.15, -0.1) is 0 Å². The van der Waals surface area contributed by atoms with Crippen LogP contribution in [0.5, 0.6) is 0 Å². The van der Waals surface area contributed by atoms with Crippen molar-refractivity contribution < 1.29 is 5.11 Å². The lowest BCUT2D eigenvalue weighted by Gasteiger charge is -2.10. The average Bonchev–Trinajstić information content (AvgIpc) is 2.76. The largest absolute Gasteiger partial charge is 0.386 e. The van der Waals surface area contributed by atoms with Gasteiger partial charge in [0.25, 0.3) is 0 Å². The SMILES string of the molecule is CC(C)c1ccc(CC(O)c2cn(C)cn2)cc1. The highest BCUT2D eigenvalue weighted by molar-refractivity contribution is 5.25. The van der Waals surface area contributed by atoms with Crippen molar-refractivity contribution in [2.24, 2.45) is 7.05 Å². The van der Waals surface area contributed by atoms with E-state index in [4.69, 9.17) is 0 Å². The second-order valence-corrected chi connectivity index (χ2v) is 5.08. The monoisotopic (exact) mass is 244 g/mol. The third kappa shape index (κ3) is 2.99. The number of aliphatic hydroxyl groups excluding tert-OH is 1. The van der Waals surface area contributed by atoms with Crippen molar-refractivity contribution in [3.8, 4) is 0 Å². The Kier molecular flexibility index (Phi) is 3.82. The zero-order chi connectivity index (χ0) is 13.1. The van der Waals surface area contributed by atoms with Crippen molar-refractivity contribution in [3.05, 3.63) is 53.6 Å². The molecule has 3 nitrogen and oxygen atoms in total. The van der Waals surface area contributed by atoms with Gasteiger partial charge in [-0.1, -0.05) is 38.1 Å². The fourth-order valence-corrected chi connectivity index (χ4v) is 1.97. The fraction of sp³-hybridized carbons (Fsp3) is 0.400.